The lowest BCUT2D eigenvalue weighted by Gasteiger charge is -2.37. The zero-order chi connectivity index (χ0) is 19.9. The molecule has 27 heavy (non-hydrogen) atoms. The zero-order valence-corrected chi connectivity index (χ0v) is 16.4. The average molecular weight is 410 g/mol. The van der Waals surface area contributed by atoms with Gasteiger partial charge in [0, 0.05) is 23.0 Å². The Balaban J connectivity index is 1.90. The highest BCUT2D eigenvalue weighted by Gasteiger charge is 2.61. The summed E-state index contributed by atoms with van der Waals surface area (Å²) in [6, 6.07) is 3.93. The highest BCUT2D eigenvalue weighted by Crippen LogP contribution is 2.51. The van der Waals surface area contributed by atoms with Crippen LogP contribution in [0.2, 0.25) is 0 Å². The smallest absolute Gasteiger partial charge is 0.335 e. The highest BCUT2D eigenvalue weighted by atomic mass is 32.2. The van der Waals surface area contributed by atoms with Crippen molar-refractivity contribution in [3.8, 4) is 0 Å². The van der Waals surface area contributed by atoms with Gasteiger partial charge in [-0.2, -0.15) is 21.4 Å². The van der Waals surface area contributed by atoms with E-state index in [0.29, 0.717) is 19.4 Å². The van der Waals surface area contributed by atoms with Crippen LogP contribution in [0.5, 0.6) is 0 Å². The second kappa shape index (κ2) is 10.1. The summed E-state index contributed by atoms with van der Waals surface area (Å²) in [5, 5.41) is 0. The average Bonchev–Trinajstić information content (AvgIpc) is 2.68. The van der Waals surface area contributed by atoms with Gasteiger partial charge in [0.2, 0.25) is 0 Å². The maximum absolute atomic E-state index is 14.6. The molecule has 1 aromatic carbocycles. The Labute approximate surface area is 162 Å². The van der Waals surface area contributed by atoms with Crippen molar-refractivity contribution in [2.24, 2.45) is 5.92 Å². The highest BCUT2D eigenvalue weighted by molar-refractivity contribution is 7.94. The van der Waals surface area contributed by atoms with Crippen molar-refractivity contribution in [3.63, 3.8) is 0 Å². The van der Waals surface area contributed by atoms with Crippen LogP contribution in [-0.4, -0.2) is 18.6 Å². The summed E-state index contributed by atoms with van der Waals surface area (Å²) < 4.78 is 76.3. The Morgan fingerprint density at radius 3 is 2.15 bits per heavy atom. The summed E-state index contributed by atoms with van der Waals surface area (Å²) >= 11 is -0.112. The lowest BCUT2D eigenvalue weighted by molar-refractivity contribution is -0.250. The molecule has 154 valence electrons. The van der Waals surface area contributed by atoms with Gasteiger partial charge in [-0.15, -0.1) is 0 Å². The van der Waals surface area contributed by atoms with Gasteiger partial charge in [-0.3, -0.25) is 0 Å². The fourth-order valence-corrected chi connectivity index (χ4v) is 3.77. The molecule has 0 aliphatic heterocycles. The Morgan fingerprint density at radius 2 is 1.59 bits per heavy atom. The van der Waals surface area contributed by atoms with Crippen molar-refractivity contribution >= 4 is 12.1 Å². The van der Waals surface area contributed by atoms with Gasteiger partial charge in [0.05, 0.1) is 18.3 Å². The quantitative estimate of drug-likeness (QED) is 0.291. The van der Waals surface area contributed by atoms with Crippen molar-refractivity contribution in [2.45, 2.75) is 81.1 Å². The summed E-state index contributed by atoms with van der Waals surface area (Å²) in [5.41, 5.74) is -0.778. The van der Waals surface area contributed by atoms with Crippen LogP contribution in [0.25, 0.3) is 0 Å². The van der Waals surface area contributed by atoms with Crippen molar-refractivity contribution < 1.29 is 26.2 Å². The van der Waals surface area contributed by atoms with Crippen LogP contribution < -0.4 is 0 Å². The predicted octanol–water partition coefficient (Wildman–Crippen LogP) is 7.55. The fourth-order valence-electron chi connectivity index (χ4n) is 3.54. The third kappa shape index (κ3) is 5.59. The molecular weight excluding hydrogens is 383 g/mol. The van der Waals surface area contributed by atoms with E-state index in [1.807, 2.05) is 0 Å². The zero-order valence-electron chi connectivity index (χ0n) is 15.5. The second-order valence-electron chi connectivity index (χ2n) is 7.20. The van der Waals surface area contributed by atoms with Crippen LogP contribution in [0.1, 0.15) is 63.9 Å². The Bertz CT molecular complexity index is 556. The molecule has 0 aromatic heterocycles. The Morgan fingerprint density at radius 1 is 0.963 bits per heavy atom. The van der Waals surface area contributed by atoms with Crippen molar-refractivity contribution in [1.29, 1.82) is 0 Å². The Kier molecular flexibility index (Phi) is 8.40. The lowest BCUT2D eigenvalue weighted by atomic mass is 9.79. The van der Waals surface area contributed by atoms with Crippen molar-refractivity contribution in [1.82, 2.24) is 0 Å². The molecule has 0 N–H and O–H groups in total. The van der Waals surface area contributed by atoms with Crippen molar-refractivity contribution in [2.75, 3.05) is 6.61 Å². The van der Waals surface area contributed by atoms with Crippen LogP contribution in [0.4, 0.5) is 21.4 Å². The van der Waals surface area contributed by atoms with E-state index in [-0.39, 0.29) is 36.0 Å². The number of rotatable bonds is 10. The minimum atomic E-state index is -4.29. The number of alkyl halides is 4. The minimum absolute atomic E-state index is 0.0145. The van der Waals surface area contributed by atoms with E-state index < -0.39 is 23.3 Å². The molecule has 1 fully saturated rings. The topological polar surface area (TPSA) is 9.23 Å². The SMILES string of the molecule is CCCCCCO[C@H]1CC[C@H](C(F)(F)C(F)(F)c2ccc(SF)cc2)CC1. The van der Waals surface area contributed by atoms with Gasteiger partial charge in [0.1, 0.15) is 0 Å². The molecule has 0 saturated heterocycles. The molecule has 0 bridgehead atoms. The van der Waals surface area contributed by atoms with Gasteiger partial charge in [-0.05, 0) is 44.2 Å². The van der Waals surface area contributed by atoms with E-state index in [1.54, 1.807) is 0 Å². The molecule has 1 aliphatic rings. The largest absolute Gasteiger partial charge is 0.378 e. The summed E-state index contributed by atoms with van der Waals surface area (Å²) in [6.45, 7) is 2.72. The molecule has 0 spiro atoms. The van der Waals surface area contributed by atoms with Crippen LogP contribution in [0.15, 0.2) is 29.2 Å². The van der Waals surface area contributed by atoms with Gasteiger partial charge in [-0.25, -0.2) is 0 Å². The third-order valence-electron chi connectivity index (χ3n) is 5.26. The number of halogens is 5. The van der Waals surface area contributed by atoms with E-state index in [9.17, 15) is 21.4 Å². The lowest BCUT2D eigenvalue weighted by Crippen LogP contribution is -2.46. The summed E-state index contributed by atoms with van der Waals surface area (Å²) in [7, 11) is 0. The maximum atomic E-state index is 14.6. The fraction of sp³-hybridized carbons (Fsp3) is 0.700. The number of hydrogen-bond donors (Lipinski definition) is 0. The standard InChI is InChI=1S/C20H27F5OS/c1-2-3-4-5-14-26-17-10-6-15(7-11-17)19(21,22)20(23,24)16-8-12-18(27-25)13-9-16/h8-9,12-13,15,17H,2-7,10-11,14H2,1H3/t15-,17-. The molecule has 0 atom stereocenters. The molecule has 2 rings (SSSR count). The van der Waals surface area contributed by atoms with Gasteiger partial charge in [0.25, 0.3) is 0 Å². The van der Waals surface area contributed by atoms with Gasteiger partial charge < -0.3 is 4.74 Å². The summed E-state index contributed by atoms with van der Waals surface area (Å²) in [4.78, 5) is 0.106. The van der Waals surface area contributed by atoms with Gasteiger partial charge >= 0.3 is 11.8 Å². The molecule has 0 amide bonds. The second-order valence-corrected chi connectivity index (χ2v) is 7.83. The summed E-state index contributed by atoms with van der Waals surface area (Å²) in [5.74, 6) is -9.82. The maximum Gasteiger partial charge on any atom is 0.335 e. The first-order valence-electron chi connectivity index (χ1n) is 9.59. The number of unbranched alkanes of at least 4 members (excludes halogenated alkanes) is 3. The van der Waals surface area contributed by atoms with E-state index >= 15 is 0 Å². The Hall–Kier alpha value is -0.820. The number of hydrogen-bond acceptors (Lipinski definition) is 2. The van der Waals surface area contributed by atoms with Gasteiger partial charge in [-0.1, -0.05) is 38.3 Å². The molecule has 1 aliphatic carbocycles. The van der Waals surface area contributed by atoms with E-state index in [0.717, 1.165) is 49.9 Å². The molecule has 0 unspecified atom stereocenters. The normalized spacial score (nSPS) is 21.4. The third-order valence-corrected chi connectivity index (χ3v) is 5.71. The first-order chi connectivity index (χ1) is 12.8. The number of ether oxygens (including phenoxy) is 1. The molecule has 1 nitrogen and oxygen atoms in total. The molecule has 1 saturated carbocycles. The molecular formula is C20H27F5OS. The van der Waals surface area contributed by atoms with E-state index in [4.69, 9.17) is 4.74 Å². The monoisotopic (exact) mass is 410 g/mol. The first kappa shape index (κ1) is 22.5. The van der Waals surface area contributed by atoms with Crippen molar-refractivity contribution in [3.05, 3.63) is 29.8 Å². The predicted molar refractivity (Wildman–Crippen MR) is 98.1 cm³/mol. The van der Waals surface area contributed by atoms with Crippen LogP contribution in [0.3, 0.4) is 0 Å². The molecule has 0 radical (unpaired) electrons. The molecule has 7 heteroatoms. The molecule has 0 heterocycles. The van der Waals surface area contributed by atoms with Crippen LogP contribution in [-0.2, 0) is 10.7 Å². The first-order valence-corrected chi connectivity index (χ1v) is 10.3. The number of benzene rings is 1. The van der Waals surface area contributed by atoms with E-state index in [2.05, 4.69) is 6.92 Å². The summed E-state index contributed by atoms with van der Waals surface area (Å²) in [6.07, 6.45) is 4.95. The van der Waals surface area contributed by atoms with Crippen LogP contribution >= 0.6 is 12.1 Å². The minimum Gasteiger partial charge on any atom is -0.378 e. The van der Waals surface area contributed by atoms with Crippen LogP contribution in [0, 0.1) is 5.92 Å². The van der Waals surface area contributed by atoms with E-state index in [1.165, 1.54) is 0 Å². The molecule has 1 aromatic rings. The van der Waals surface area contributed by atoms with Gasteiger partial charge in [0.15, 0.2) is 0 Å².